The first-order valence-electron chi connectivity index (χ1n) is 9.74. The number of likely N-dealkylation sites (N-methyl/N-ethyl adjacent to an activating group) is 1. The Morgan fingerprint density at radius 3 is 2.37 bits per heavy atom. The molecule has 1 aliphatic carbocycles. The van der Waals surface area contributed by atoms with Crippen molar-refractivity contribution in [1.82, 2.24) is 10.2 Å². The van der Waals surface area contributed by atoms with E-state index in [2.05, 4.69) is 24.4 Å². The van der Waals surface area contributed by atoms with Gasteiger partial charge in [-0.2, -0.15) is 0 Å². The molecule has 0 fully saturated rings. The summed E-state index contributed by atoms with van der Waals surface area (Å²) in [7, 11) is -0.514. The average molecular weight is 430 g/mol. The lowest BCUT2D eigenvalue weighted by Gasteiger charge is -2.23. The minimum Gasteiger partial charge on any atom is -0.347 e. The summed E-state index contributed by atoms with van der Waals surface area (Å²) in [6.45, 7) is 1.76. The second-order valence-corrected chi connectivity index (χ2v) is 9.78. The molecule has 1 N–H and O–H groups in total. The molecule has 0 aliphatic heterocycles. The predicted molar refractivity (Wildman–Crippen MR) is 117 cm³/mol. The van der Waals surface area contributed by atoms with Gasteiger partial charge in [0.25, 0.3) is 5.91 Å². The summed E-state index contributed by atoms with van der Waals surface area (Å²) in [4.78, 5) is 26.1. The van der Waals surface area contributed by atoms with Crippen LogP contribution in [0.1, 0.15) is 39.5 Å². The molecular weight excluding hydrogens is 402 g/mol. The van der Waals surface area contributed by atoms with Crippen LogP contribution in [-0.2, 0) is 21.2 Å². The number of sulfonamides is 1. The van der Waals surface area contributed by atoms with Crippen LogP contribution in [0.25, 0.3) is 0 Å². The molecule has 0 aromatic heterocycles. The van der Waals surface area contributed by atoms with E-state index in [1.54, 1.807) is 38.4 Å². The predicted octanol–water partition coefficient (Wildman–Crippen LogP) is 2.27. The smallest absolute Gasteiger partial charge is 0.251 e. The molecule has 30 heavy (non-hydrogen) atoms. The zero-order valence-corrected chi connectivity index (χ0v) is 18.5. The summed E-state index contributed by atoms with van der Waals surface area (Å²) in [5.74, 6) is -0.548. The highest BCUT2D eigenvalue weighted by Crippen LogP contribution is 2.32. The van der Waals surface area contributed by atoms with Crippen molar-refractivity contribution in [3.8, 4) is 0 Å². The fourth-order valence-electron chi connectivity index (χ4n) is 3.58. The van der Waals surface area contributed by atoms with Crippen LogP contribution < -0.4 is 9.62 Å². The van der Waals surface area contributed by atoms with Crippen LogP contribution >= 0.6 is 0 Å². The quantitative estimate of drug-likeness (QED) is 0.763. The molecule has 2 aromatic rings. The van der Waals surface area contributed by atoms with Crippen molar-refractivity contribution < 1.29 is 18.0 Å². The lowest BCUT2D eigenvalue weighted by molar-refractivity contribution is -0.127. The zero-order valence-electron chi connectivity index (χ0n) is 17.7. The molecule has 0 bridgehead atoms. The molecule has 8 heteroatoms. The minimum absolute atomic E-state index is 0.0296. The van der Waals surface area contributed by atoms with Gasteiger partial charge in [-0.05, 0) is 55.2 Å². The monoisotopic (exact) mass is 429 g/mol. The van der Waals surface area contributed by atoms with Crippen LogP contribution in [0.5, 0.6) is 0 Å². The first-order valence-corrected chi connectivity index (χ1v) is 11.6. The zero-order chi connectivity index (χ0) is 22.1. The Kier molecular flexibility index (Phi) is 6.17. The van der Waals surface area contributed by atoms with E-state index >= 15 is 0 Å². The number of amides is 2. The van der Waals surface area contributed by atoms with Crippen molar-refractivity contribution >= 4 is 27.5 Å². The lowest BCUT2D eigenvalue weighted by Crippen LogP contribution is -2.39. The number of hydrogen-bond donors (Lipinski definition) is 1. The number of nitrogens with zero attached hydrogens (tertiary/aromatic N) is 2. The fraction of sp³-hybridized carbons (Fsp3) is 0.364. The van der Waals surface area contributed by atoms with Gasteiger partial charge < -0.3 is 10.2 Å². The van der Waals surface area contributed by atoms with E-state index in [9.17, 15) is 18.0 Å². The molecule has 1 atom stereocenters. The molecule has 7 nitrogen and oxygen atoms in total. The number of rotatable bonds is 6. The van der Waals surface area contributed by atoms with Gasteiger partial charge >= 0.3 is 0 Å². The molecule has 0 saturated carbocycles. The Bertz CT molecular complexity index is 1060. The summed E-state index contributed by atoms with van der Waals surface area (Å²) < 4.78 is 25.3. The van der Waals surface area contributed by atoms with Crippen molar-refractivity contribution in [3.63, 3.8) is 0 Å². The standard InChI is InChI=1S/C22H27N3O4S/c1-15-5-11-19-17(13-15)8-12-20(19)23-22(27)16-6-9-18(10-7-16)25(30(4,28)29)14-21(26)24(2)3/h5-7,9-11,13,20H,8,12,14H2,1-4H3,(H,23,27)/t20-/m1/s1. The summed E-state index contributed by atoms with van der Waals surface area (Å²) in [5, 5.41) is 3.07. The van der Waals surface area contributed by atoms with Crippen molar-refractivity contribution in [3.05, 3.63) is 64.7 Å². The van der Waals surface area contributed by atoms with Crippen LogP contribution in [0, 0.1) is 6.92 Å². The maximum absolute atomic E-state index is 12.7. The summed E-state index contributed by atoms with van der Waals surface area (Å²) >= 11 is 0. The van der Waals surface area contributed by atoms with Gasteiger partial charge in [0.2, 0.25) is 15.9 Å². The number of hydrogen-bond acceptors (Lipinski definition) is 4. The Morgan fingerprint density at radius 2 is 1.77 bits per heavy atom. The number of carbonyl (C=O) groups excluding carboxylic acids is 2. The van der Waals surface area contributed by atoms with E-state index in [1.165, 1.54) is 16.0 Å². The summed E-state index contributed by atoms with van der Waals surface area (Å²) in [6, 6.07) is 12.5. The molecule has 2 aromatic carbocycles. The number of benzene rings is 2. The fourth-order valence-corrected chi connectivity index (χ4v) is 4.43. The normalized spacial score (nSPS) is 15.4. The van der Waals surface area contributed by atoms with Crippen LogP contribution in [-0.4, -0.2) is 52.0 Å². The van der Waals surface area contributed by atoms with Crippen molar-refractivity contribution in [1.29, 1.82) is 0 Å². The number of anilines is 1. The number of carbonyl (C=O) groups is 2. The second-order valence-electron chi connectivity index (χ2n) is 7.87. The first kappa shape index (κ1) is 21.8. The highest BCUT2D eigenvalue weighted by atomic mass is 32.2. The largest absolute Gasteiger partial charge is 0.347 e. The van der Waals surface area contributed by atoms with Gasteiger partial charge in [0.15, 0.2) is 0 Å². The number of fused-ring (bicyclic) bond motifs is 1. The van der Waals surface area contributed by atoms with Gasteiger partial charge in [0.1, 0.15) is 6.54 Å². The molecule has 0 heterocycles. The molecule has 0 radical (unpaired) electrons. The Morgan fingerprint density at radius 1 is 1.10 bits per heavy atom. The molecule has 1 aliphatic rings. The molecule has 2 amide bonds. The van der Waals surface area contributed by atoms with Crippen LogP contribution in [0.2, 0.25) is 0 Å². The van der Waals surface area contributed by atoms with Crippen LogP contribution in [0.3, 0.4) is 0 Å². The summed E-state index contributed by atoms with van der Waals surface area (Å²) in [6.07, 6.45) is 2.84. The van der Waals surface area contributed by atoms with E-state index in [-0.39, 0.29) is 24.4 Å². The van der Waals surface area contributed by atoms with Gasteiger partial charge in [-0.3, -0.25) is 13.9 Å². The van der Waals surface area contributed by atoms with Crippen molar-refractivity contribution in [2.24, 2.45) is 0 Å². The van der Waals surface area contributed by atoms with Crippen LogP contribution in [0.15, 0.2) is 42.5 Å². The highest BCUT2D eigenvalue weighted by molar-refractivity contribution is 7.92. The third-order valence-electron chi connectivity index (χ3n) is 5.28. The van der Waals surface area contributed by atoms with E-state index < -0.39 is 10.0 Å². The maximum Gasteiger partial charge on any atom is 0.251 e. The van der Waals surface area contributed by atoms with Crippen LogP contribution in [0.4, 0.5) is 5.69 Å². The highest BCUT2D eigenvalue weighted by Gasteiger charge is 2.25. The Balaban J connectivity index is 1.75. The third kappa shape index (κ3) is 4.81. The molecule has 0 saturated heterocycles. The molecule has 160 valence electrons. The van der Waals surface area contributed by atoms with Gasteiger partial charge in [-0.25, -0.2) is 8.42 Å². The van der Waals surface area contributed by atoms with Gasteiger partial charge in [-0.15, -0.1) is 0 Å². The van der Waals surface area contributed by atoms with E-state index in [0.29, 0.717) is 11.3 Å². The number of nitrogens with one attached hydrogen (secondary N) is 1. The Hall–Kier alpha value is -2.87. The summed E-state index contributed by atoms with van der Waals surface area (Å²) in [5.41, 5.74) is 4.40. The van der Waals surface area contributed by atoms with E-state index in [1.807, 2.05) is 6.07 Å². The third-order valence-corrected chi connectivity index (χ3v) is 6.42. The molecule has 0 unspecified atom stereocenters. The van der Waals surface area contributed by atoms with Gasteiger partial charge in [0, 0.05) is 19.7 Å². The van der Waals surface area contributed by atoms with Crippen molar-refractivity contribution in [2.45, 2.75) is 25.8 Å². The second kappa shape index (κ2) is 8.47. The molecule has 3 rings (SSSR count). The number of aryl methyl sites for hydroxylation is 2. The Labute approximate surface area is 177 Å². The topological polar surface area (TPSA) is 86.8 Å². The van der Waals surface area contributed by atoms with E-state index in [0.717, 1.165) is 29.0 Å². The SMILES string of the molecule is Cc1ccc2c(c1)CC[C@H]2NC(=O)c1ccc(N(CC(=O)N(C)C)S(C)(=O)=O)cc1. The first-order chi connectivity index (χ1) is 14.1. The molecule has 0 spiro atoms. The van der Waals surface area contributed by atoms with E-state index in [4.69, 9.17) is 0 Å². The van der Waals surface area contributed by atoms with Crippen molar-refractivity contribution in [2.75, 3.05) is 31.2 Å². The van der Waals surface area contributed by atoms with Gasteiger partial charge in [0.05, 0.1) is 18.0 Å². The minimum atomic E-state index is -3.65. The maximum atomic E-state index is 12.7. The average Bonchev–Trinajstić information content (AvgIpc) is 3.06. The molecular formula is C22H27N3O4S. The van der Waals surface area contributed by atoms with Gasteiger partial charge in [-0.1, -0.05) is 23.8 Å². The lowest BCUT2D eigenvalue weighted by atomic mass is 10.1.